The normalized spacial score (nSPS) is 13.1. The zero-order valence-electron chi connectivity index (χ0n) is 68.7. The van der Waals surface area contributed by atoms with E-state index in [9.17, 15) is 5.26 Å². The number of fused-ring (bicyclic) bond motifs is 31. The third kappa shape index (κ3) is 10.5. The topological polar surface area (TPSA) is 73.0 Å². The van der Waals surface area contributed by atoms with E-state index in [1.807, 2.05) is 12.1 Å². The molecular formula is C121H72N4O2. The van der Waals surface area contributed by atoms with Gasteiger partial charge < -0.3 is 14.0 Å². The Labute approximate surface area is 732 Å². The maximum absolute atomic E-state index is 9.63. The van der Waals surface area contributed by atoms with Crippen molar-refractivity contribution in [2.45, 2.75) is 10.8 Å². The molecule has 6 heteroatoms. The lowest BCUT2D eigenvalue weighted by atomic mass is 9.65. The van der Waals surface area contributed by atoms with Crippen molar-refractivity contribution in [3.63, 3.8) is 0 Å². The summed E-state index contributed by atoms with van der Waals surface area (Å²) >= 11 is 0. The molecule has 6 nitrogen and oxygen atoms in total. The molecule has 20 aromatic carbocycles. The van der Waals surface area contributed by atoms with Crippen LogP contribution in [-0.2, 0) is 10.8 Å². The Hall–Kier alpha value is -16.9. The Kier molecular flexibility index (Phi) is 15.9. The average molecular weight is 1610 g/mol. The van der Waals surface area contributed by atoms with Gasteiger partial charge in [0.25, 0.3) is 0 Å². The molecule has 0 unspecified atom stereocenters. The van der Waals surface area contributed by atoms with Gasteiger partial charge in [-0.05, 0) is 183 Å². The number of nitriles is 1. The predicted octanol–water partition coefficient (Wildman–Crippen LogP) is 31.0. The summed E-state index contributed by atoms with van der Waals surface area (Å²) in [7, 11) is 0. The van der Waals surface area contributed by atoms with Crippen LogP contribution in [0.25, 0.3) is 182 Å². The number of aromatic nitrogens is 3. The number of benzene rings is 20. The summed E-state index contributed by atoms with van der Waals surface area (Å²) in [5, 5.41) is 23.1. The molecule has 0 bridgehead atoms. The Morgan fingerprint density at radius 2 is 0.598 bits per heavy atom. The van der Waals surface area contributed by atoms with E-state index in [0.717, 1.165) is 155 Å². The number of rotatable bonds is 7. The van der Waals surface area contributed by atoms with Crippen LogP contribution in [0, 0.1) is 11.3 Å². The average Bonchev–Trinajstić information content (AvgIpc) is 1.57. The van der Waals surface area contributed by atoms with Crippen molar-refractivity contribution in [3.8, 4) is 124 Å². The maximum atomic E-state index is 9.63. The number of para-hydroxylation sites is 5. The number of ether oxygens (including phenoxy) is 2. The number of pyridine rings is 2. The first-order chi connectivity index (χ1) is 63.0. The molecule has 2 aliphatic carbocycles. The number of hydrogen-bond acceptors (Lipinski definition) is 5. The lowest BCUT2D eigenvalue weighted by Crippen LogP contribution is -2.32. The van der Waals surface area contributed by atoms with E-state index in [0.29, 0.717) is 5.56 Å². The predicted molar refractivity (Wildman–Crippen MR) is 520 cm³/mol. The van der Waals surface area contributed by atoms with Crippen molar-refractivity contribution in [1.29, 1.82) is 5.26 Å². The largest absolute Gasteiger partial charge is 0.456 e. The maximum Gasteiger partial charge on any atom is 0.140 e. The van der Waals surface area contributed by atoms with E-state index < -0.39 is 10.8 Å². The Balaban J connectivity index is 0.000000135. The van der Waals surface area contributed by atoms with Gasteiger partial charge in [-0.15, -0.1) is 0 Å². The van der Waals surface area contributed by atoms with Crippen LogP contribution in [0.5, 0.6) is 23.0 Å². The molecule has 0 saturated carbocycles. The van der Waals surface area contributed by atoms with Crippen LogP contribution in [0.2, 0.25) is 0 Å². The van der Waals surface area contributed by atoms with Gasteiger partial charge in [0.1, 0.15) is 23.0 Å². The van der Waals surface area contributed by atoms with Gasteiger partial charge in [-0.2, -0.15) is 5.26 Å². The fraction of sp³-hybridized carbons (Fsp3) is 0.0165. The van der Waals surface area contributed by atoms with Crippen LogP contribution in [0.15, 0.2) is 437 Å². The summed E-state index contributed by atoms with van der Waals surface area (Å²) in [6.45, 7) is 0. The molecule has 0 saturated heterocycles. The molecule has 2 aliphatic heterocycles. The van der Waals surface area contributed by atoms with Gasteiger partial charge in [-0.1, -0.05) is 364 Å². The van der Waals surface area contributed by atoms with Crippen LogP contribution in [-0.4, -0.2) is 14.5 Å². The fourth-order valence-electron chi connectivity index (χ4n) is 22.1. The standard InChI is InChI=1S/C64H39NO.C57H33N3O/c1-2-17-40(18-3-1)41-33-35-42(36-34-41)59-47-23-4-6-25-49(47)60(50-26-7-5-24-48(50)59)43-19-16-20-44(39-43)62-52-37-38-56-63(61(52)51-27-10-14-31-57(51)65-62)66-58-32-15-13-30-55(58)64(56)53-28-11-8-21-45(53)46-22-9-12-29-54(46)64;58-34-35-24-31-52-45(32-35)42-16-4-9-22-51(42)60(52)39-27-25-36(26-28-39)37-12-11-13-38(33-37)55-44-29-30-49-56(54(44)43-17-3-8-21-50(43)59-55)61-53-23-10-7-20-48(53)57(49)46-18-5-1-14-40(46)41-15-2-6-19-47(41)57/h1-39H;1-33H. The van der Waals surface area contributed by atoms with Crippen LogP contribution in [0.3, 0.4) is 0 Å². The molecular weight excluding hydrogens is 1540 g/mol. The second-order valence-electron chi connectivity index (χ2n) is 33.8. The second kappa shape index (κ2) is 28.1. The zero-order chi connectivity index (χ0) is 83.6. The zero-order valence-corrected chi connectivity index (χ0v) is 68.7. The highest BCUT2D eigenvalue weighted by atomic mass is 16.5. The highest BCUT2D eigenvalue weighted by molar-refractivity contribution is 6.23. The van der Waals surface area contributed by atoms with Crippen LogP contribution in [0.4, 0.5) is 0 Å². The molecule has 23 aromatic rings. The van der Waals surface area contributed by atoms with Crippen LogP contribution in [0.1, 0.15) is 50.1 Å². The van der Waals surface area contributed by atoms with Crippen molar-refractivity contribution in [2.24, 2.45) is 0 Å². The first kappa shape index (κ1) is 71.8. The lowest BCUT2D eigenvalue weighted by molar-refractivity contribution is 0.442. The first-order valence-corrected chi connectivity index (χ1v) is 43.5. The molecule has 3 aromatic heterocycles. The minimum absolute atomic E-state index is 0.555. The molecule has 27 rings (SSSR count). The van der Waals surface area contributed by atoms with Gasteiger partial charge in [0.2, 0.25) is 0 Å². The van der Waals surface area contributed by atoms with Gasteiger partial charge in [0, 0.05) is 82.2 Å². The lowest BCUT2D eigenvalue weighted by Gasteiger charge is -2.40. The van der Waals surface area contributed by atoms with E-state index in [-0.39, 0.29) is 0 Å². The van der Waals surface area contributed by atoms with E-state index in [4.69, 9.17) is 19.4 Å². The molecule has 0 radical (unpaired) electrons. The van der Waals surface area contributed by atoms with Crippen LogP contribution < -0.4 is 9.47 Å². The van der Waals surface area contributed by atoms with E-state index in [1.54, 1.807) is 0 Å². The summed E-state index contributed by atoms with van der Waals surface area (Å²) in [4.78, 5) is 10.9. The van der Waals surface area contributed by atoms with E-state index in [2.05, 4.69) is 435 Å². The summed E-state index contributed by atoms with van der Waals surface area (Å²) in [6.07, 6.45) is 0. The number of hydrogen-bond donors (Lipinski definition) is 0. The van der Waals surface area contributed by atoms with Gasteiger partial charge >= 0.3 is 0 Å². The van der Waals surface area contributed by atoms with Crippen LogP contribution >= 0.6 is 0 Å². The van der Waals surface area contributed by atoms with Crippen molar-refractivity contribution in [1.82, 2.24) is 14.5 Å². The van der Waals surface area contributed by atoms with Gasteiger partial charge in [0.05, 0.1) is 55.9 Å². The summed E-state index contributed by atoms with van der Waals surface area (Å²) in [5.74, 6) is 3.51. The Morgan fingerprint density at radius 3 is 1.10 bits per heavy atom. The highest BCUT2D eigenvalue weighted by Crippen LogP contribution is 2.66. The Bertz CT molecular complexity index is 8520. The monoisotopic (exact) mass is 1610 g/mol. The Morgan fingerprint density at radius 1 is 0.236 bits per heavy atom. The quantitative estimate of drug-likeness (QED) is 0.117. The van der Waals surface area contributed by atoms with Gasteiger partial charge in [-0.25, -0.2) is 9.97 Å². The molecule has 127 heavy (non-hydrogen) atoms. The number of nitrogens with zero attached hydrogens (tertiary/aromatic N) is 4. The molecule has 2 spiro atoms. The molecule has 4 aliphatic rings. The minimum Gasteiger partial charge on any atom is -0.456 e. The third-order valence-corrected chi connectivity index (χ3v) is 27.4. The van der Waals surface area contributed by atoms with E-state index >= 15 is 0 Å². The van der Waals surface area contributed by atoms with Gasteiger partial charge in [-0.3, -0.25) is 0 Å². The molecule has 0 fully saturated rings. The first-order valence-electron chi connectivity index (χ1n) is 43.5. The molecule has 0 atom stereocenters. The second-order valence-corrected chi connectivity index (χ2v) is 33.8. The summed E-state index contributed by atoms with van der Waals surface area (Å²) < 4.78 is 16.7. The molecule has 5 heterocycles. The minimum atomic E-state index is -0.561. The molecule has 588 valence electrons. The van der Waals surface area contributed by atoms with E-state index in [1.165, 1.54) is 93.9 Å². The highest BCUT2D eigenvalue weighted by Gasteiger charge is 2.53. The van der Waals surface area contributed by atoms with Gasteiger partial charge in [0.15, 0.2) is 0 Å². The molecule has 0 N–H and O–H groups in total. The van der Waals surface area contributed by atoms with Crippen molar-refractivity contribution < 1.29 is 9.47 Å². The summed E-state index contributed by atoms with van der Waals surface area (Å²) in [5.41, 5.74) is 32.8. The van der Waals surface area contributed by atoms with Crippen molar-refractivity contribution >= 4 is 86.7 Å². The fourth-order valence-corrected chi connectivity index (χ4v) is 22.1. The SMILES string of the molecule is N#Cc1ccc2c(c1)c1ccccc1n2-c1ccc(-c2cccc(-c3nc4ccccc4c4c5c(ccc34)C3(c4ccccc4O5)c4ccccc4-c4ccccc43)c2)cc1.c1ccc(-c2ccc(-c3c4ccccc4c(-c4cccc(-c5nc6ccccc6c6c7c(ccc56)C5(c6ccccc6O7)c6ccccc6-c6ccccc65)c4)c4ccccc34)cc2)cc1. The smallest absolute Gasteiger partial charge is 0.140 e. The van der Waals surface area contributed by atoms with Crippen molar-refractivity contribution in [2.75, 3.05) is 0 Å². The third-order valence-electron chi connectivity index (χ3n) is 27.4. The summed E-state index contributed by atoms with van der Waals surface area (Å²) in [6, 6.07) is 160. The molecule has 0 amide bonds. The van der Waals surface area contributed by atoms with Crippen molar-refractivity contribution in [3.05, 3.63) is 487 Å².